The van der Waals surface area contributed by atoms with E-state index in [-0.39, 0.29) is 0 Å². The number of carbonyl (C=O) groups excluding carboxylic acids is 2. The first-order valence-corrected chi connectivity index (χ1v) is 10.7. The molecule has 3 aromatic rings. The molecule has 3 rings (SSSR count). The third kappa shape index (κ3) is 5.21. The van der Waals surface area contributed by atoms with Crippen LogP contribution in [0.2, 0.25) is 15.1 Å². The molecule has 0 unspecified atom stereocenters. The van der Waals surface area contributed by atoms with Gasteiger partial charge in [-0.05, 0) is 63.2 Å². The fourth-order valence-corrected chi connectivity index (χ4v) is 4.02. The SMILES string of the molecule is COc1ccc(Cl)cc1-n1c(C)cc(C(=O)O[C@@H](C)C(=O)Nc2cc(Cl)cc(Cl)c2)c1C. The van der Waals surface area contributed by atoms with Crippen LogP contribution < -0.4 is 10.1 Å². The number of amides is 1. The summed E-state index contributed by atoms with van der Waals surface area (Å²) in [6, 6.07) is 11.6. The molecular weight excluding hydrogens is 475 g/mol. The number of hydrogen-bond acceptors (Lipinski definition) is 4. The molecule has 0 fully saturated rings. The number of aryl methyl sites for hydroxylation is 1. The van der Waals surface area contributed by atoms with Gasteiger partial charge in [-0.1, -0.05) is 34.8 Å². The molecule has 32 heavy (non-hydrogen) atoms. The number of anilines is 1. The molecule has 0 saturated carbocycles. The number of methoxy groups -OCH3 is 1. The molecule has 6 nitrogen and oxygen atoms in total. The lowest BCUT2D eigenvalue weighted by Crippen LogP contribution is -2.30. The molecule has 0 bridgehead atoms. The van der Waals surface area contributed by atoms with Gasteiger partial charge in [0.05, 0.1) is 18.4 Å². The van der Waals surface area contributed by atoms with E-state index in [0.29, 0.717) is 43.4 Å². The topological polar surface area (TPSA) is 69.6 Å². The Hall–Kier alpha value is -2.67. The quantitative estimate of drug-likeness (QED) is 0.411. The van der Waals surface area contributed by atoms with E-state index in [0.717, 1.165) is 5.69 Å². The van der Waals surface area contributed by atoms with E-state index < -0.39 is 18.0 Å². The number of benzene rings is 2. The highest BCUT2D eigenvalue weighted by atomic mass is 35.5. The molecule has 9 heteroatoms. The molecule has 0 radical (unpaired) electrons. The largest absolute Gasteiger partial charge is 0.495 e. The third-order valence-corrected chi connectivity index (χ3v) is 5.49. The van der Waals surface area contributed by atoms with Gasteiger partial charge >= 0.3 is 5.97 Å². The zero-order valence-corrected chi connectivity index (χ0v) is 20.1. The van der Waals surface area contributed by atoms with Crippen LogP contribution in [-0.2, 0) is 9.53 Å². The number of ether oxygens (including phenoxy) is 2. The Morgan fingerprint density at radius 2 is 1.62 bits per heavy atom. The second kappa shape index (κ2) is 9.86. The van der Waals surface area contributed by atoms with Gasteiger partial charge in [-0.25, -0.2) is 4.79 Å². The molecular formula is C23H21Cl3N2O4. The van der Waals surface area contributed by atoms with Crippen LogP contribution in [0, 0.1) is 13.8 Å². The van der Waals surface area contributed by atoms with E-state index in [1.165, 1.54) is 6.92 Å². The minimum Gasteiger partial charge on any atom is -0.495 e. The highest BCUT2D eigenvalue weighted by molar-refractivity contribution is 6.35. The van der Waals surface area contributed by atoms with Gasteiger partial charge in [0.2, 0.25) is 0 Å². The number of esters is 1. The predicted molar refractivity (Wildman–Crippen MR) is 127 cm³/mol. The normalized spacial score (nSPS) is 11.7. The molecule has 0 spiro atoms. The van der Waals surface area contributed by atoms with Crippen LogP contribution in [-0.4, -0.2) is 29.7 Å². The Morgan fingerprint density at radius 3 is 2.25 bits per heavy atom. The molecule has 1 N–H and O–H groups in total. The lowest BCUT2D eigenvalue weighted by atomic mass is 10.2. The van der Waals surface area contributed by atoms with Gasteiger partial charge in [-0.15, -0.1) is 0 Å². The van der Waals surface area contributed by atoms with Crippen LogP contribution in [0.1, 0.15) is 28.7 Å². The number of aromatic nitrogens is 1. The van der Waals surface area contributed by atoms with Crippen molar-refractivity contribution < 1.29 is 19.1 Å². The van der Waals surface area contributed by atoms with E-state index in [1.54, 1.807) is 56.5 Å². The smallest absolute Gasteiger partial charge is 0.340 e. The summed E-state index contributed by atoms with van der Waals surface area (Å²) in [5.41, 5.74) is 2.83. The van der Waals surface area contributed by atoms with Gasteiger partial charge in [0.1, 0.15) is 5.75 Å². The first-order chi connectivity index (χ1) is 15.1. The standard InChI is InChI=1S/C23H21Cl3N2O4/c1-12-7-19(13(2)28(12)20-11-15(24)5-6-21(20)31-4)23(30)32-14(3)22(29)27-18-9-16(25)8-17(26)10-18/h5-11,14H,1-4H3,(H,27,29)/t14-/m0/s1. The van der Waals surface area contributed by atoms with Crippen LogP contribution in [0.4, 0.5) is 5.69 Å². The second-order valence-corrected chi connectivity index (χ2v) is 8.44. The van der Waals surface area contributed by atoms with Gasteiger partial charge < -0.3 is 19.4 Å². The maximum Gasteiger partial charge on any atom is 0.340 e. The van der Waals surface area contributed by atoms with E-state index >= 15 is 0 Å². The average Bonchev–Trinajstić information content (AvgIpc) is 3.01. The van der Waals surface area contributed by atoms with E-state index in [9.17, 15) is 9.59 Å². The fourth-order valence-electron chi connectivity index (χ4n) is 3.33. The maximum absolute atomic E-state index is 12.8. The number of halogens is 3. The minimum atomic E-state index is -1.05. The van der Waals surface area contributed by atoms with E-state index in [4.69, 9.17) is 44.3 Å². The molecule has 0 saturated heterocycles. The Balaban J connectivity index is 1.81. The van der Waals surface area contributed by atoms with Crippen molar-refractivity contribution in [2.45, 2.75) is 26.9 Å². The Labute approximate surface area is 201 Å². The van der Waals surface area contributed by atoms with E-state index in [1.807, 2.05) is 11.5 Å². The molecule has 2 aromatic carbocycles. The summed E-state index contributed by atoms with van der Waals surface area (Å²) in [7, 11) is 1.56. The molecule has 0 aliphatic heterocycles. The van der Waals surface area contributed by atoms with Crippen LogP contribution in [0.25, 0.3) is 5.69 Å². The maximum atomic E-state index is 12.8. The lowest BCUT2D eigenvalue weighted by molar-refractivity contribution is -0.123. The predicted octanol–water partition coefficient (Wildman–Crippen LogP) is 6.25. The zero-order chi connectivity index (χ0) is 23.6. The summed E-state index contributed by atoms with van der Waals surface area (Å²) < 4.78 is 12.7. The average molecular weight is 496 g/mol. The number of nitrogens with one attached hydrogen (secondary N) is 1. The monoisotopic (exact) mass is 494 g/mol. The van der Waals surface area contributed by atoms with E-state index in [2.05, 4.69) is 5.32 Å². The molecule has 1 amide bonds. The molecule has 0 aliphatic carbocycles. The van der Waals surface area contributed by atoms with Crippen LogP contribution in [0.3, 0.4) is 0 Å². The summed E-state index contributed by atoms with van der Waals surface area (Å²) >= 11 is 18.1. The van der Waals surface area contributed by atoms with Crippen molar-refractivity contribution in [3.63, 3.8) is 0 Å². The van der Waals surface area contributed by atoms with Crippen molar-refractivity contribution in [2.75, 3.05) is 12.4 Å². The van der Waals surface area contributed by atoms with Gasteiger partial charge in [0.15, 0.2) is 6.10 Å². The van der Waals surface area contributed by atoms with Crippen molar-refractivity contribution in [1.82, 2.24) is 4.57 Å². The first-order valence-electron chi connectivity index (χ1n) is 9.61. The summed E-state index contributed by atoms with van der Waals surface area (Å²) in [4.78, 5) is 25.3. The van der Waals surface area contributed by atoms with Gasteiger partial charge in [0.25, 0.3) is 5.91 Å². The Bertz CT molecular complexity index is 1170. The Kier molecular flexibility index (Phi) is 7.39. The van der Waals surface area contributed by atoms with Crippen molar-refractivity contribution in [3.05, 3.63) is 74.5 Å². The van der Waals surface area contributed by atoms with Crippen LogP contribution in [0.15, 0.2) is 42.5 Å². The second-order valence-electron chi connectivity index (χ2n) is 7.13. The number of rotatable bonds is 6. The number of nitrogens with zero attached hydrogens (tertiary/aromatic N) is 1. The van der Waals surface area contributed by atoms with Crippen LogP contribution in [0.5, 0.6) is 5.75 Å². The third-order valence-electron chi connectivity index (χ3n) is 4.82. The van der Waals surface area contributed by atoms with Crippen molar-refractivity contribution >= 4 is 52.4 Å². The van der Waals surface area contributed by atoms with Crippen molar-refractivity contribution in [1.29, 1.82) is 0 Å². The number of hydrogen-bond donors (Lipinski definition) is 1. The van der Waals surface area contributed by atoms with Gasteiger partial charge in [0, 0.05) is 32.1 Å². The highest BCUT2D eigenvalue weighted by Crippen LogP contribution is 2.31. The first kappa shape index (κ1) is 24.0. The minimum absolute atomic E-state index is 0.329. The lowest BCUT2D eigenvalue weighted by Gasteiger charge is -2.15. The Morgan fingerprint density at radius 1 is 0.969 bits per heavy atom. The molecule has 1 heterocycles. The molecule has 1 atom stereocenters. The highest BCUT2D eigenvalue weighted by Gasteiger charge is 2.24. The summed E-state index contributed by atoms with van der Waals surface area (Å²) in [5, 5.41) is 3.92. The van der Waals surface area contributed by atoms with Gasteiger partial charge in [-0.2, -0.15) is 0 Å². The summed E-state index contributed by atoms with van der Waals surface area (Å²) in [5.74, 6) is -0.539. The zero-order valence-electron chi connectivity index (χ0n) is 17.8. The molecule has 168 valence electrons. The fraction of sp³-hybridized carbons (Fsp3) is 0.217. The van der Waals surface area contributed by atoms with Crippen molar-refractivity contribution in [3.8, 4) is 11.4 Å². The molecule has 0 aliphatic rings. The summed E-state index contributed by atoms with van der Waals surface area (Å²) in [6.45, 7) is 5.12. The number of carbonyl (C=O) groups is 2. The van der Waals surface area contributed by atoms with Gasteiger partial charge in [-0.3, -0.25) is 4.79 Å². The van der Waals surface area contributed by atoms with Crippen LogP contribution >= 0.6 is 34.8 Å². The van der Waals surface area contributed by atoms with Crippen molar-refractivity contribution in [2.24, 2.45) is 0 Å². The molecule has 1 aromatic heterocycles. The summed E-state index contributed by atoms with van der Waals surface area (Å²) in [6.07, 6.45) is -1.05.